The van der Waals surface area contributed by atoms with Gasteiger partial charge in [0.1, 0.15) is 12.3 Å². The predicted octanol–water partition coefficient (Wildman–Crippen LogP) is 0.573. The summed E-state index contributed by atoms with van der Waals surface area (Å²) in [6.07, 6.45) is 3.57. The SMILES string of the molecule is COc1ccc2c(c1)c(CN1CCCCC1CN1CCOCC1)cn2CC(N)=O.O=C(O)CC(O)(CC(=O)O)C(=O)O. The Morgan fingerprint density at radius 1 is 1.05 bits per heavy atom. The third kappa shape index (κ3) is 9.14. The van der Waals surface area contributed by atoms with Crippen LogP contribution < -0.4 is 10.5 Å². The number of carbonyl (C=O) groups excluding carboxylic acids is 1. The van der Waals surface area contributed by atoms with Crippen molar-refractivity contribution in [3.05, 3.63) is 30.0 Å². The average molecular weight is 593 g/mol. The Balaban J connectivity index is 0.000000316. The number of carboxylic acid groups (broad SMARTS) is 3. The molecular weight excluding hydrogens is 552 g/mol. The second-order valence-corrected chi connectivity index (χ2v) is 10.6. The zero-order chi connectivity index (χ0) is 30.9. The number of piperidine rings is 1. The Kier molecular flexibility index (Phi) is 11.7. The molecule has 1 atom stereocenters. The van der Waals surface area contributed by atoms with Gasteiger partial charge in [-0.15, -0.1) is 0 Å². The number of carbonyl (C=O) groups is 4. The number of nitrogens with zero attached hydrogens (tertiary/aromatic N) is 3. The zero-order valence-electron chi connectivity index (χ0n) is 23.7. The number of aromatic nitrogens is 1. The van der Waals surface area contributed by atoms with Crippen molar-refractivity contribution in [1.82, 2.24) is 14.4 Å². The first-order valence-corrected chi connectivity index (χ1v) is 13.8. The van der Waals surface area contributed by atoms with E-state index in [0.717, 1.165) is 62.6 Å². The number of benzene rings is 1. The fraction of sp³-hybridized carbons (Fsp3) is 0.571. The Morgan fingerprint density at radius 2 is 1.71 bits per heavy atom. The molecular formula is C28H40N4O10. The summed E-state index contributed by atoms with van der Waals surface area (Å²) >= 11 is 0. The number of aliphatic carboxylic acids is 3. The molecule has 42 heavy (non-hydrogen) atoms. The first kappa shape index (κ1) is 32.8. The summed E-state index contributed by atoms with van der Waals surface area (Å²) in [6, 6.07) is 6.58. The molecule has 0 saturated carbocycles. The second kappa shape index (κ2) is 15.0. The summed E-state index contributed by atoms with van der Waals surface area (Å²) in [5.74, 6) is -4.51. The largest absolute Gasteiger partial charge is 0.497 e. The molecule has 1 unspecified atom stereocenters. The molecule has 0 radical (unpaired) electrons. The van der Waals surface area contributed by atoms with Crippen molar-refractivity contribution in [2.45, 2.75) is 56.8 Å². The Hall–Kier alpha value is -3.72. The summed E-state index contributed by atoms with van der Waals surface area (Å²) in [6.45, 7) is 7.03. The van der Waals surface area contributed by atoms with Crippen molar-refractivity contribution < 1.29 is 49.1 Å². The monoisotopic (exact) mass is 592 g/mol. The van der Waals surface area contributed by atoms with Gasteiger partial charge in [-0.1, -0.05) is 6.42 Å². The first-order valence-electron chi connectivity index (χ1n) is 13.8. The van der Waals surface area contributed by atoms with E-state index in [1.54, 1.807) is 7.11 Å². The number of methoxy groups -OCH3 is 1. The van der Waals surface area contributed by atoms with E-state index in [1.807, 2.05) is 16.7 Å². The fourth-order valence-corrected chi connectivity index (χ4v) is 5.39. The maximum absolute atomic E-state index is 11.6. The Labute approximate surface area is 243 Å². The molecule has 2 aliphatic rings. The summed E-state index contributed by atoms with van der Waals surface area (Å²) in [7, 11) is 1.68. The van der Waals surface area contributed by atoms with E-state index in [0.29, 0.717) is 6.04 Å². The lowest BCUT2D eigenvalue weighted by molar-refractivity contribution is -0.170. The van der Waals surface area contributed by atoms with Crippen molar-refractivity contribution in [2.24, 2.45) is 5.73 Å². The molecule has 0 bridgehead atoms. The van der Waals surface area contributed by atoms with Gasteiger partial charge in [0.15, 0.2) is 5.60 Å². The number of aliphatic hydroxyl groups is 1. The molecule has 1 amide bonds. The molecule has 2 fully saturated rings. The van der Waals surface area contributed by atoms with Gasteiger partial charge in [0.2, 0.25) is 5.91 Å². The molecule has 1 aromatic carbocycles. The van der Waals surface area contributed by atoms with Crippen LogP contribution in [0, 0.1) is 0 Å². The van der Waals surface area contributed by atoms with Gasteiger partial charge in [0, 0.05) is 49.3 Å². The molecule has 0 aliphatic carbocycles. The van der Waals surface area contributed by atoms with E-state index >= 15 is 0 Å². The van der Waals surface area contributed by atoms with Crippen LogP contribution in [0.5, 0.6) is 5.75 Å². The molecule has 232 valence electrons. The lowest BCUT2D eigenvalue weighted by Crippen LogP contribution is -2.49. The molecule has 4 rings (SSSR count). The van der Waals surface area contributed by atoms with Gasteiger partial charge in [-0.05, 0) is 43.1 Å². The van der Waals surface area contributed by atoms with Gasteiger partial charge in [-0.2, -0.15) is 0 Å². The van der Waals surface area contributed by atoms with Crippen LogP contribution in [0.25, 0.3) is 10.9 Å². The maximum atomic E-state index is 11.6. The van der Waals surface area contributed by atoms with Gasteiger partial charge >= 0.3 is 17.9 Å². The average Bonchev–Trinajstić information content (AvgIpc) is 3.25. The van der Waals surface area contributed by atoms with Crippen LogP contribution in [0.3, 0.4) is 0 Å². The Bertz CT molecular complexity index is 1240. The smallest absolute Gasteiger partial charge is 0.336 e. The number of amides is 1. The third-order valence-electron chi connectivity index (χ3n) is 7.48. The zero-order valence-corrected chi connectivity index (χ0v) is 23.7. The van der Waals surface area contributed by atoms with Gasteiger partial charge in [0.25, 0.3) is 0 Å². The van der Waals surface area contributed by atoms with Crippen molar-refractivity contribution >= 4 is 34.7 Å². The highest BCUT2D eigenvalue weighted by Crippen LogP contribution is 2.29. The minimum atomic E-state index is -2.74. The number of morpholine rings is 1. The van der Waals surface area contributed by atoms with Gasteiger partial charge in [0.05, 0.1) is 33.2 Å². The van der Waals surface area contributed by atoms with Crippen LogP contribution in [0.2, 0.25) is 0 Å². The molecule has 1 aromatic heterocycles. The molecule has 2 aliphatic heterocycles. The highest BCUT2D eigenvalue weighted by molar-refractivity contribution is 5.88. The van der Waals surface area contributed by atoms with E-state index < -0.39 is 36.4 Å². The van der Waals surface area contributed by atoms with Gasteiger partial charge in [-0.25, -0.2) is 4.79 Å². The van der Waals surface area contributed by atoms with Crippen LogP contribution in [-0.2, 0) is 37.0 Å². The Morgan fingerprint density at radius 3 is 2.29 bits per heavy atom. The van der Waals surface area contributed by atoms with Gasteiger partial charge < -0.3 is 40.2 Å². The van der Waals surface area contributed by atoms with Crippen LogP contribution in [0.4, 0.5) is 0 Å². The molecule has 6 N–H and O–H groups in total. The highest BCUT2D eigenvalue weighted by atomic mass is 16.5. The molecule has 2 saturated heterocycles. The predicted molar refractivity (Wildman–Crippen MR) is 150 cm³/mol. The van der Waals surface area contributed by atoms with Crippen LogP contribution >= 0.6 is 0 Å². The number of likely N-dealkylation sites (tertiary alicyclic amines) is 1. The number of rotatable bonds is 12. The summed E-state index contributed by atoms with van der Waals surface area (Å²) in [4.78, 5) is 47.2. The van der Waals surface area contributed by atoms with Gasteiger partial charge in [-0.3, -0.25) is 24.2 Å². The van der Waals surface area contributed by atoms with Crippen molar-refractivity contribution in [3.63, 3.8) is 0 Å². The van der Waals surface area contributed by atoms with Crippen LogP contribution in [0.15, 0.2) is 24.4 Å². The van der Waals surface area contributed by atoms with Crippen LogP contribution in [-0.4, -0.2) is 117 Å². The number of hydrogen-bond donors (Lipinski definition) is 5. The van der Waals surface area contributed by atoms with E-state index in [2.05, 4.69) is 22.1 Å². The summed E-state index contributed by atoms with van der Waals surface area (Å²) in [5, 5.41) is 35.0. The summed E-state index contributed by atoms with van der Waals surface area (Å²) < 4.78 is 12.9. The molecule has 14 nitrogen and oxygen atoms in total. The van der Waals surface area contributed by atoms with Crippen LogP contribution in [0.1, 0.15) is 37.7 Å². The number of nitrogens with two attached hydrogens (primary N) is 1. The van der Waals surface area contributed by atoms with E-state index in [1.165, 1.54) is 24.8 Å². The van der Waals surface area contributed by atoms with E-state index in [9.17, 15) is 19.2 Å². The molecule has 3 heterocycles. The fourth-order valence-electron chi connectivity index (χ4n) is 5.39. The topological polar surface area (TPSA) is 205 Å². The van der Waals surface area contributed by atoms with Crippen molar-refractivity contribution in [3.8, 4) is 5.75 Å². The number of ether oxygens (including phenoxy) is 2. The normalized spacial score (nSPS) is 18.2. The quantitative estimate of drug-likeness (QED) is 0.229. The molecule has 14 heteroatoms. The van der Waals surface area contributed by atoms with E-state index in [-0.39, 0.29) is 12.5 Å². The number of fused-ring (bicyclic) bond motifs is 1. The van der Waals surface area contributed by atoms with Crippen molar-refractivity contribution in [2.75, 3.05) is 46.5 Å². The van der Waals surface area contributed by atoms with E-state index in [4.69, 9.17) is 35.6 Å². The maximum Gasteiger partial charge on any atom is 0.336 e. The standard InChI is InChI=1S/C22H32N4O3.C6H8O7/c1-28-19-5-6-21-20(12-19)17(14-26(21)16-22(23)27)13-25-7-3-2-4-18(25)15-24-8-10-29-11-9-24;7-3(8)1-6(13,5(11)12)2-4(9)10/h5-6,12,14,18H,2-4,7-11,13,15-16H2,1H3,(H2,23,27);13H,1-2H2,(H,7,8)(H,9,10)(H,11,12). The highest BCUT2D eigenvalue weighted by Gasteiger charge is 2.40. The lowest BCUT2D eigenvalue weighted by atomic mass is 9.96. The minimum Gasteiger partial charge on any atom is -0.497 e. The third-order valence-corrected chi connectivity index (χ3v) is 7.48. The number of carboxylic acids is 3. The number of hydrogen-bond acceptors (Lipinski definition) is 9. The lowest BCUT2D eigenvalue weighted by Gasteiger charge is -2.39. The minimum absolute atomic E-state index is 0.194. The van der Waals surface area contributed by atoms with Crippen molar-refractivity contribution in [1.29, 1.82) is 0 Å². The summed E-state index contributed by atoms with van der Waals surface area (Å²) in [5.41, 5.74) is 5.00. The first-order chi connectivity index (χ1) is 19.9. The second-order valence-electron chi connectivity index (χ2n) is 10.6. The number of primary amides is 1. The molecule has 0 spiro atoms. The molecule has 2 aromatic rings.